The smallest absolute Gasteiger partial charge is 0.270 e. The Kier molecular flexibility index (Phi) is 6.48. The minimum Gasteiger partial charge on any atom is -0.368 e. The van der Waals surface area contributed by atoms with E-state index < -0.39 is 5.82 Å². The Labute approximate surface area is 209 Å². The quantitative estimate of drug-likeness (QED) is 0.405. The lowest BCUT2D eigenvalue weighted by Crippen LogP contribution is -2.46. The normalized spacial score (nSPS) is 14.4. The molecule has 4 aromatic rings. The van der Waals surface area contributed by atoms with Gasteiger partial charge in [0.25, 0.3) is 6.67 Å². The first-order chi connectivity index (χ1) is 17.4. The van der Waals surface area contributed by atoms with Gasteiger partial charge in [0.1, 0.15) is 11.5 Å². The molecule has 0 bridgehead atoms. The van der Waals surface area contributed by atoms with E-state index >= 15 is 0 Å². The van der Waals surface area contributed by atoms with Gasteiger partial charge in [0.05, 0.1) is 23.6 Å². The van der Waals surface area contributed by atoms with Gasteiger partial charge in [0, 0.05) is 49.9 Å². The lowest BCUT2D eigenvalue weighted by molar-refractivity contribution is 0.283. The Morgan fingerprint density at radius 3 is 2.58 bits per heavy atom. The van der Waals surface area contributed by atoms with Crippen molar-refractivity contribution in [2.45, 2.75) is 19.8 Å². The lowest BCUT2D eigenvalue weighted by Gasteiger charge is -2.33. The summed E-state index contributed by atoms with van der Waals surface area (Å²) in [6, 6.07) is 9.53. The molecule has 0 unspecified atom stereocenters. The molecule has 0 saturated carbocycles. The van der Waals surface area contributed by atoms with Crippen LogP contribution in [0.1, 0.15) is 25.5 Å². The molecule has 0 radical (unpaired) electrons. The van der Waals surface area contributed by atoms with Crippen LogP contribution in [-0.4, -0.2) is 62.5 Å². The summed E-state index contributed by atoms with van der Waals surface area (Å²) in [6.07, 6.45) is 2.99. The molecular weight excluding hydrogens is 457 g/mol. The van der Waals surface area contributed by atoms with E-state index in [4.69, 9.17) is 6.57 Å². The summed E-state index contributed by atoms with van der Waals surface area (Å²) >= 11 is 0. The van der Waals surface area contributed by atoms with Crippen molar-refractivity contribution < 1.29 is 4.39 Å². The van der Waals surface area contributed by atoms with Crippen LogP contribution in [0.4, 0.5) is 21.8 Å². The number of hydrogen-bond acceptors (Lipinski definition) is 7. The second-order valence-corrected chi connectivity index (χ2v) is 9.22. The molecule has 0 spiro atoms. The zero-order valence-electron chi connectivity index (χ0n) is 20.6. The van der Waals surface area contributed by atoms with E-state index in [1.165, 1.54) is 6.20 Å². The summed E-state index contributed by atoms with van der Waals surface area (Å²) < 4.78 is 16.7. The number of hydrogen-bond donors (Lipinski definition) is 1. The minimum atomic E-state index is -0.490. The van der Waals surface area contributed by atoms with Crippen LogP contribution in [0, 0.1) is 12.4 Å². The number of nitrogens with zero attached hydrogens (tertiary/aromatic N) is 8. The van der Waals surface area contributed by atoms with Crippen molar-refractivity contribution in [1.82, 2.24) is 29.6 Å². The maximum atomic E-state index is 14.8. The van der Waals surface area contributed by atoms with Gasteiger partial charge in [-0.15, -0.1) is 0 Å². The minimum absolute atomic E-state index is 0.224. The van der Waals surface area contributed by atoms with E-state index in [-0.39, 0.29) is 17.6 Å². The van der Waals surface area contributed by atoms with E-state index in [1.54, 1.807) is 6.20 Å². The Morgan fingerprint density at radius 1 is 1.08 bits per heavy atom. The number of aromatic nitrogens is 5. The summed E-state index contributed by atoms with van der Waals surface area (Å²) in [4.78, 5) is 20.9. The SMILES string of the molecule is [C-]#[N+]CN1CCN(c2ccc(Nc3ncc(F)c(-c4ccc5nn(C)c(C(C)C)c5c4)n3)nc2)CC1. The van der Waals surface area contributed by atoms with Crippen LogP contribution in [0.15, 0.2) is 42.7 Å². The molecule has 1 aliphatic heterocycles. The lowest BCUT2D eigenvalue weighted by atomic mass is 10.0. The first-order valence-corrected chi connectivity index (χ1v) is 12.0. The Morgan fingerprint density at radius 2 is 1.89 bits per heavy atom. The molecule has 1 saturated heterocycles. The molecule has 1 N–H and O–H groups in total. The van der Waals surface area contributed by atoms with Crippen molar-refractivity contribution in [2.75, 3.05) is 43.1 Å². The summed E-state index contributed by atoms with van der Waals surface area (Å²) in [7, 11) is 1.93. The van der Waals surface area contributed by atoms with Gasteiger partial charge in [-0.1, -0.05) is 19.9 Å². The van der Waals surface area contributed by atoms with Crippen LogP contribution in [0.5, 0.6) is 0 Å². The van der Waals surface area contributed by atoms with Gasteiger partial charge >= 0.3 is 0 Å². The van der Waals surface area contributed by atoms with Crippen LogP contribution >= 0.6 is 0 Å². The number of halogens is 1. The van der Waals surface area contributed by atoms with Gasteiger partial charge in [-0.3, -0.25) is 9.53 Å². The highest BCUT2D eigenvalue weighted by atomic mass is 19.1. The first kappa shape index (κ1) is 23.6. The van der Waals surface area contributed by atoms with E-state index in [1.807, 2.05) is 42.1 Å². The second-order valence-electron chi connectivity index (χ2n) is 9.22. The standard InChI is InChI=1S/C26H28FN9/c1-17(2)25-20-13-18(5-7-22(20)33-34(25)4)24-21(27)15-30-26(32-24)31-23-8-6-19(14-29-23)36-11-9-35(10-12-36)16-28-3/h5-8,13-15,17H,9-12,16H2,1-2,4H3,(H,29,30,31,32). The third kappa shape index (κ3) is 4.70. The van der Waals surface area contributed by atoms with Gasteiger partial charge in [-0.25, -0.2) is 30.8 Å². The zero-order valence-corrected chi connectivity index (χ0v) is 20.6. The van der Waals surface area contributed by atoms with Crippen molar-refractivity contribution in [2.24, 2.45) is 7.05 Å². The highest BCUT2D eigenvalue weighted by Gasteiger charge is 2.19. The number of pyridine rings is 1. The van der Waals surface area contributed by atoms with E-state index in [2.05, 4.69) is 53.9 Å². The number of piperazine rings is 1. The summed E-state index contributed by atoms with van der Waals surface area (Å²) in [5, 5.41) is 8.65. The van der Waals surface area contributed by atoms with Gasteiger partial charge in [-0.05, 0) is 30.2 Å². The Bertz CT molecular complexity index is 1410. The fourth-order valence-electron chi connectivity index (χ4n) is 4.69. The molecule has 36 heavy (non-hydrogen) atoms. The number of rotatable bonds is 6. The maximum absolute atomic E-state index is 14.8. The van der Waals surface area contributed by atoms with Crippen LogP contribution < -0.4 is 10.2 Å². The van der Waals surface area contributed by atoms with Crippen molar-refractivity contribution in [3.05, 3.63) is 65.7 Å². The molecule has 0 amide bonds. The number of nitrogens with one attached hydrogen (secondary N) is 1. The number of benzene rings is 1. The van der Waals surface area contributed by atoms with Crippen molar-refractivity contribution in [3.63, 3.8) is 0 Å². The highest BCUT2D eigenvalue weighted by Crippen LogP contribution is 2.30. The number of fused-ring (bicyclic) bond motifs is 1. The Hall–Kier alpha value is -4.10. The van der Waals surface area contributed by atoms with Crippen molar-refractivity contribution in [3.8, 4) is 11.3 Å². The molecule has 1 aromatic carbocycles. The fraction of sp³-hybridized carbons (Fsp3) is 0.346. The predicted octanol–water partition coefficient (Wildman–Crippen LogP) is 4.43. The first-order valence-electron chi connectivity index (χ1n) is 12.0. The molecular formula is C26H28FN9. The van der Waals surface area contributed by atoms with E-state index in [9.17, 15) is 4.39 Å². The molecule has 0 aliphatic carbocycles. The topological polar surface area (TPSA) is 79.4 Å². The van der Waals surface area contributed by atoms with Crippen LogP contribution in [0.3, 0.4) is 0 Å². The number of aryl methyl sites for hydroxylation is 1. The maximum Gasteiger partial charge on any atom is 0.270 e. The van der Waals surface area contributed by atoms with Crippen molar-refractivity contribution >= 4 is 28.4 Å². The summed E-state index contributed by atoms with van der Waals surface area (Å²) in [6.45, 7) is 15.1. The molecule has 10 heteroatoms. The van der Waals surface area contributed by atoms with Gasteiger partial charge in [0.2, 0.25) is 5.95 Å². The van der Waals surface area contributed by atoms with Crippen LogP contribution in [-0.2, 0) is 7.05 Å². The van der Waals surface area contributed by atoms with E-state index in [0.29, 0.717) is 18.1 Å². The molecule has 9 nitrogen and oxygen atoms in total. The molecule has 4 heterocycles. The average molecular weight is 486 g/mol. The van der Waals surface area contributed by atoms with Crippen molar-refractivity contribution in [1.29, 1.82) is 0 Å². The average Bonchev–Trinajstić information content (AvgIpc) is 3.21. The van der Waals surface area contributed by atoms with Gasteiger partial charge in [0.15, 0.2) is 5.82 Å². The molecule has 1 aliphatic rings. The molecule has 3 aromatic heterocycles. The second kappa shape index (κ2) is 9.87. The summed E-state index contributed by atoms with van der Waals surface area (Å²) in [5.74, 6) is 0.637. The Balaban J connectivity index is 1.34. The largest absolute Gasteiger partial charge is 0.368 e. The molecule has 1 fully saturated rings. The molecule has 0 atom stereocenters. The monoisotopic (exact) mass is 485 g/mol. The molecule has 5 rings (SSSR count). The third-order valence-corrected chi connectivity index (χ3v) is 6.44. The third-order valence-electron chi connectivity index (χ3n) is 6.44. The van der Waals surface area contributed by atoms with Crippen LogP contribution in [0.2, 0.25) is 0 Å². The zero-order chi connectivity index (χ0) is 25.2. The molecule has 184 valence electrons. The summed E-state index contributed by atoms with van der Waals surface area (Å²) in [5.41, 5.74) is 3.88. The van der Waals surface area contributed by atoms with Gasteiger partial charge < -0.3 is 10.2 Å². The van der Waals surface area contributed by atoms with Crippen LogP contribution in [0.25, 0.3) is 27.0 Å². The van der Waals surface area contributed by atoms with E-state index in [0.717, 1.165) is 48.5 Å². The van der Waals surface area contributed by atoms with Gasteiger partial charge in [-0.2, -0.15) is 5.10 Å². The predicted molar refractivity (Wildman–Crippen MR) is 139 cm³/mol. The highest BCUT2D eigenvalue weighted by molar-refractivity contribution is 5.86. The number of anilines is 3. The fourth-order valence-corrected chi connectivity index (χ4v) is 4.69.